The van der Waals surface area contributed by atoms with Crippen LogP contribution >= 0.6 is 0 Å². The second-order valence-corrected chi connectivity index (χ2v) is 3.67. The predicted octanol–water partition coefficient (Wildman–Crippen LogP) is 1.77. The number of hydrogen-bond acceptors (Lipinski definition) is 1. The lowest BCUT2D eigenvalue weighted by Crippen LogP contribution is -2.33. The third kappa shape index (κ3) is 3.62. The van der Waals surface area contributed by atoms with Crippen molar-refractivity contribution in [1.82, 2.24) is 10.6 Å². The average molecular weight is 206 g/mol. The van der Waals surface area contributed by atoms with Crippen LogP contribution in [0.4, 0.5) is 4.79 Å². The predicted molar refractivity (Wildman–Crippen MR) is 62.1 cm³/mol. The molecule has 3 nitrogen and oxygen atoms in total. The molecule has 0 atom stereocenters. The molecule has 1 aromatic rings. The Bertz CT molecular complexity index is 347. The summed E-state index contributed by atoms with van der Waals surface area (Å²) in [5.74, 6) is 0. The maximum Gasteiger partial charge on any atom is 0.314 e. The smallest absolute Gasteiger partial charge is 0.314 e. The highest BCUT2D eigenvalue weighted by molar-refractivity contribution is 5.73. The van der Waals surface area contributed by atoms with Crippen molar-refractivity contribution < 1.29 is 4.79 Å². The van der Waals surface area contributed by atoms with Crippen LogP contribution in [-0.2, 0) is 6.42 Å². The Morgan fingerprint density at radius 3 is 2.60 bits per heavy atom. The highest BCUT2D eigenvalue weighted by atomic mass is 16.2. The van der Waals surface area contributed by atoms with Crippen LogP contribution in [0.1, 0.15) is 16.7 Å². The fourth-order valence-electron chi connectivity index (χ4n) is 1.37. The van der Waals surface area contributed by atoms with E-state index in [1.54, 1.807) is 7.05 Å². The first kappa shape index (κ1) is 11.6. The molecule has 2 N–H and O–H groups in total. The zero-order chi connectivity index (χ0) is 11.3. The summed E-state index contributed by atoms with van der Waals surface area (Å²) in [4.78, 5) is 10.9. The van der Waals surface area contributed by atoms with E-state index in [1.165, 1.54) is 16.7 Å². The van der Waals surface area contributed by atoms with Crippen molar-refractivity contribution in [2.45, 2.75) is 20.3 Å². The first-order valence-electron chi connectivity index (χ1n) is 5.15. The number of carbonyl (C=O) groups excluding carboxylic acids is 1. The molecule has 0 radical (unpaired) electrons. The summed E-state index contributed by atoms with van der Waals surface area (Å²) in [7, 11) is 1.62. The van der Waals surface area contributed by atoms with Gasteiger partial charge in [-0.15, -0.1) is 0 Å². The molecule has 0 saturated carbocycles. The molecule has 0 saturated heterocycles. The van der Waals surface area contributed by atoms with E-state index >= 15 is 0 Å². The number of urea groups is 1. The molecule has 0 aliphatic heterocycles. The molecule has 15 heavy (non-hydrogen) atoms. The monoisotopic (exact) mass is 206 g/mol. The molecular formula is C12H18N2O. The van der Waals surface area contributed by atoms with Crippen molar-refractivity contribution in [2.24, 2.45) is 0 Å². The van der Waals surface area contributed by atoms with E-state index in [9.17, 15) is 4.79 Å². The Hall–Kier alpha value is -1.51. The quantitative estimate of drug-likeness (QED) is 0.777. The average Bonchev–Trinajstić information content (AvgIpc) is 2.23. The van der Waals surface area contributed by atoms with E-state index in [0.717, 1.165) is 6.42 Å². The summed E-state index contributed by atoms with van der Waals surface area (Å²) in [6.07, 6.45) is 0.870. The standard InChI is InChI=1S/C12H18N2O/c1-9-4-5-11(8-10(9)2)6-7-14-12(15)13-3/h4-5,8H,6-7H2,1-3H3,(H2,13,14,15). The van der Waals surface area contributed by atoms with Gasteiger partial charge in [0.15, 0.2) is 0 Å². The molecule has 1 aromatic carbocycles. The Balaban J connectivity index is 2.44. The Kier molecular flexibility index (Phi) is 4.16. The number of hydrogen-bond donors (Lipinski definition) is 2. The van der Waals surface area contributed by atoms with Gasteiger partial charge in [-0.05, 0) is 37.0 Å². The summed E-state index contributed by atoms with van der Waals surface area (Å²) >= 11 is 0. The molecular weight excluding hydrogens is 188 g/mol. The summed E-state index contributed by atoms with van der Waals surface area (Å²) in [6, 6.07) is 6.26. The molecule has 0 bridgehead atoms. The molecule has 0 unspecified atom stereocenters. The van der Waals surface area contributed by atoms with Gasteiger partial charge in [0, 0.05) is 13.6 Å². The van der Waals surface area contributed by atoms with Gasteiger partial charge in [-0.25, -0.2) is 4.79 Å². The molecule has 3 heteroatoms. The highest BCUT2D eigenvalue weighted by Crippen LogP contribution is 2.09. The largest absolute Gasteiger partial charge is 0.341 e. The number of amides is 2. The van der Waals surface area contributed by atoms with Crippen LogP contribution < -0.4 is 10.6 Å². The van der Waals surface area contributed by atoms with Crippen molar-refractivity contribution in [1.29, 1.82) is 0 Å². The second kappa shape index (κ2) is 5.39. The lowest BCUT2D eigenvalue weighted by atomic mass is 10.0. The molecule has 1 rings (SSSR count). The minimum atomic E-state index is -0.126. The van der Waals surface area contributed by atoms with Gasteiger partial charge in [0.05, 0.1) is 0 Å². The molecule has 0 fully saturated rings. The van der Waals surface area contributed by atoms with Crippen LogP contribution in [0, 0.1) is 13.8 Å². The Labute approximate surface area is 90.9 Å². The summed E-state index contributed by atoms with van der Waals surface area (Å²) in [6.45, 7) is 4.87. The SMILES string of the molecule is CNC(=O)NCCc1ccc(C)c(C)c1. The highest BCUT2D eigenvalue weighted by Gasteiger charge is 1.98. The van der Waals surface area contributed by atoms with Crippen molar-refractivity contribution in [2.75, 3.05) is 13.6 Å². The van der Waals surface area contributed by atoms with Crippen molar-refractivity contribution in [3.63, 3.8) is 0 Å². The van der Waals surface area contributed by atoms with Crippen molar-refractivity contribution >= 4 is 6.03 Å². The number of rotatable bonds is 3. The number of aryl methyl sites for hydroxylation is 2. The molecule has 0 spiro atoms. The molecule has 0 aromatic heterocycles. The van der Waals surface area contributed by atoms with Gasteiger partial charge in [-0.2, -0.15) is 0 Å². The van der Waals surface area contributed by atoms with E-state index in [4.69, 9.17) is 0 Å². The lowest BCUT2D eigenvalue weighted by Gasteiger charge is -2.06. The molecule has 0 heterocycles. The molecule has 0 aliphatic carbocycles. The zero-order valence-electron chi connectivity index (χ0n) is 9.55. The maximum atomic E-state index is 10.9. The van der Waals surface area contributed by atoms with Gasteiger partial charge >= 0.3 is 6.03 Å². The minimum Gasteiger partial charge on any atom is -0.341 e. The minimum absolute atomic E-state index is 0.126. The van der Waals surface area contributed by atoms with Gasteiger partial charge in [0.1, 0.15) is 0 Å². The number of benzene rings is 1. The Morgan fingerprint density at radius 2 is 2.00 bits per heavy atom. The first-order valence-corrected chi connectivity index (χ1v) is 5.15. The van der Waals surface area contributed by atoms with Gasteiger partial charge in [-0.1, -0.05) is 18.2 Å². The van der Waals surface area contributed by atoms with E-state index in [1.807, 2.05) is 0 Å². The van der Waals surface area contributed by atoms with Gasteiger partial charge in [0.25, 0.3) is 0 Å². The molecule has 2 amide bonds. The van der Waals surface area contributed by atoms with Gasteiger partial charge in [-0.3, -0.25) is 0 Å². The topological polar surface area (TPSA) is 41.1 Å². The summed E-state index contributed by atoms with van der Waals surface area (Å²) in [5.41, 5.74) is 3.86. The van der Waals surface area contributed by atoms with E-state index in [2.05, 4.69) is 42.7 Å². The third-order valence-electron chi connectivity index (χ3n) is 2.50. The summed E-state index contributed by atoms with van der Waals surface area (Å²) < 4.78 is 0. The number of carbonyl (C=O) groups is 1. The van der Waals surface area contributed by atoms with Gasteiger partial charge in [0.2, 0.25) is 0 Å². The van der Waals surface area contributed by atoms with Crippen molar-refractivity contribution in [3.8, 4) is 0 Å². The van der Waals surface area contributed by atoms with Crippen LogP contribution in [0.25, 0.3) is 0 Å². The Morgan fingerprint density at radius 1 is 1.27 bits per heavy atom. The third-order valence-corrected chi connectivity index (χ3v) is 2.50. The van der Waals surface area contributed by atoms with Crippen LogP contribution in [0.5, 0.6) is 0 Å². The first-order chi connectivity index (χ1) is 7.13. The zero-order valence-corrected chi connectivity index (χ0v) is 9.55. The normalized spacial score (nSPS) is 9.80. The molecule has 0 aliphatic rings. The maximum absolute atomic E-state index is 10.9. The van der Waals surface area contributed by atoms with E-state index < -0.39 is 0 Å². The van der Waals surface area contributed by atoms with Crippen LogP contribution in [-0.4, -0.2) is 19.6 Å². The number of nitrogens with one attached hydrogen (secondary N) is 2. The van der Waals surface area contributed by atoms with E-state index in [0.29, 0.717) is 6.54 Å². The van der Waals surface area contributed by atoms with Crippen LogP contribution in [0.3, 0.4) is 0 Å². The second-order valence-electron chi connectivity index (χ2n) is 3.67. The van der Waals surface area contributed by atoms with Crippen molar-refractivity contribution in [3.05, 3.63) is 34.9 Å². The molecule has 82 valence electrons. The van der Waals surface area contributed by atoms with Crippen LogP contribution in [0.15, 0.2) is 18.2 Å². The summed E-state index contributed by atoms with van der Waals surface area (Å²) in [5, 5.41) is 5.29. The lowest BCUT2D eigenvalue weighted by molar-refractivity contribution is 0.243. The van der Waals surface area contributed by atoms with Gasteiger partial charge < -0.3 is 10.6 Å². The van der Waals surface area contributed by atoms with Crippen LogP contribution in [0.2, 0.25) is 0 Å². The fourth-order valence-corrected chi connectivity index (χ4v) is 1.37. The van der Waals surface area contributed by atoms with E-state index in [-0.39, 0.29) is 6.03 Å². The fraction of sp³-hybridized carbons (Fsp3) is 0.417.